The second-order valence-electron chi connectivity index (χ2n) is 6.72. The van der Waals surface area contributed by atoms with Gasteiger partial charge in [0, 0.05) is 16.9 Å². The first-order valence-electron chi connectivity index (χ1n) is 8.68. The first-order chi connectivity index (χ1) is 12.9. The fourth-order valence-electron chi connectivity index (χ4n) is 3.84. The standard InChI is InChI=1S/C21H16Cl2F3N/c22-17-10-9-13(11-18(17)23)20-12-15-16(21(24,25)26)7-4-8-19(15)27(20)14-5-2-1-3-6-14/h1-3,5-6,9-12,16H,4,7-8H2. The van der Waals surface area contributed by atoms with Crippen molar-refractivity contribution >= 4 is 23.2 Å². The number of para-hydroxylation sites is 1. The Morgan fingerprint density at radius 3 is 2.33 bits per heavy atom. The highest BCUT2D eigenvalue weighted by Crippen LogP contribution is 2.46. The van der Waals surface area contributed by atoms with Gasteiger partial charge in [-0.3, -0.25) is 0 Å². The zero-order chi connectivity index (χ0) is 19.2. The van der Waals surface area contributed by atoms with Crippen LogP contribution in [0, 0.1) is 0 Å². The first-order valence-corrected chi connectivity index (χ1v) is 9.44. The highest BCUT2D eigenvalue weighted by molar-refractivity contribution is 6.42. The molecule has 0 saturated carbocycles. The second kappa shape index (κ2) is 6.92. The lowest BCUT2D eigenvalue weighted by Crippen LogP contribution is -2.25. The molecule has 0 amide bonds. The number of benzene rings is 2. The van der Waals surface area contributed by atoms with Crippen LogP contribution in [0.3, 0.4) is 0 Å². The Kier molecular flexibility index (Phi) is 4.73. The van der Waals surface area contributed by atoms with Gasteiger partial charge in [0.1, 0.15) is 0 Å². The average Bonchev–Trinajstić information content (AvgIpc) is 3.03. The van der Waals surface area contributed by atoms with E-state index in [4.69, 9.17) is 23.2 Å². The molecular formula is C21H16Cl2F3N. The van der Waals surface area contributed by atoms with Crippen molar-refractivity contribution in [2.75, 3.05) is 0 Å². The molecule has 1 aliphatic rings. The van der Waals surface area contributed by atoms with Crippen molar-refractivity contribution in [1.82, 2.24) is 4.57 Å². The van der Waals surface area contributed by atoms with Crippen molar-refractivity contribution in [2.45, 2.75) is 31.4 Å². The summed E-state index contributed by atoms with van der Waals surface area (Å²) in [6.07, 6.45) is -3.02. The van der Waals surface area contributed by atoms with Crippen LogP contribution in [0.15, 0.2) is 54.6 Å². The summed E-state index contributed by atoms with van der Waals surface area (Å²) in [7, 11) is 0. The van der Waals surface area contributed by atoms with Crippen molar-refractivity contribution in [3.8, 4) is 16.9 Å². The molecule has 140 valence electrons. The second-order valence-corrected chi connectivity index (χ2v) is 7.53. The van der Waals surface area contributed by atoms with Crippen LogP contribution in [-0.4, -0.2) is 10.7 Å². The van der Waals surface area contributed by atoms with Crippen molar-refractivity contribution in [3.05, 3.63) is 75.9 Å². The van der Waals surface area contributed by atoms with Crippen molar-refractivity contribution in [3.63, 3.8) is 0 Å². The van der Waals surface area contributed by atoms with Gasteiger partial charge in [0.05, 0.1) is 21.7 Å². The molecule has 1 atom stereocenters. The van der Waals surface area contributed by atoms with Crippen molar-refractivity contribution < 1.29 is 13.2 Å². The molecular weight excluding hydrogens is 394 g/mol. The number of fused-ring (bicyclic) bond motifs is 1. The Labute approximate surface area is 165 Å². The van der Waals surface area contributed by atoms with E-state index >= 15 is 0 Å². The van der Waals surface area contributed by atoms with Gasteiger partial charge in [0.15, 0.2) is 0 Å². The Morgan fingerprint density at radius 1 is 0.926 bits per heavy atom. The molecule has 1 nitrogen and oxygen atoms in total. The Hall–Kier alpha value is -1.91. The van der Waals surface area contributed by atoms with Gasteiger partial charge in [-0.15, -0.1) is 0 Å². The molecule has 27 heavy (non-hydrogen) atoms. The molecule has 1 heterocycles. The fraction of sp³-hybridized carbons (Fsp3) is 0.238. The van der Waals surface area contributed by atoms with E-state index in [0.717, 1.165) is 16.9 Å². The van der Waals surface area contributed by atoms with Gasteiger partial charge in [0.25, 0.3) is 0 Å². The number of hydrogen-bond donors (Lipinski definition) is 0. The van der Waals surface area contributed by atoms with Crippen LogP contribution in [0.25, 0.3) is 16.9 Å². The number of rotatable bonds is 2. The summed E-state index contributed by atoms with van der Waals surface area (Å²) < 4.78 is 42.8. The Balaban J connectivity index is 1.98. The third-order valence-corrected chi connectivity index (χ3v) is 5.78. The number of hydrogen-bond acceptors (Lipinski definition) is 0. The topological polar surface area (TPSA) is 4.93 Å². The van der Waals surface area contributed by atoms with Crippen LogP contribution >= 0.6 is 23.2 Å². The van der Waals surface area contributed by atoms with E-state index in [9.17, 15) is 13.2 Å². The molecule has 0 N–H and O–H groups in total. The zero-order valence-corrected chi connectivity index (χ0v) is 15.7. The molecule has 2 aromatic carbocycles. The lowest BCUT2D eigenvalue weighted by molar-refractivity contribution is -0.153. The van der Waals surface area contributed by atoms with Gasteiger partial charge in [-0.2, -0.15) is 13.2 Å². The molecule has 6 heteroatoms. The Morgan fingerprint density at radius 2 is 1.67 bits per heavy atom. The van der Waals surface area contributed by atoms with Gasteiger partial charge in [0.2, 0.25) is 0 Å². The van der Waals surface area contributed by atoms with E-state index in [1.165, 1.54) is 0 Å². The molecule has 1 aromatic heterocycles. The van der Waals surface area contributed by atoms with Gasteiger partial charge in [-0.05, 0) is 55.2 Å². The maximum absolute atomic E-state index is 13.6. The number of alkyl halides is 3. The molecule has 0 spiro atoms. The fourth-order valence-corrected chi connectivity index (χ4v) is 4.13. The van der Waals surface area contributed by atoms with Crippen LogP contribution in [0.5, 0.6) is 0 Å². The van der Waals surface area contributed by atoms with E-state index in [0.29, 0.717) is 34.1 Å². The summed E-state index contributed by atoms with van der Waals surface area (Å²) in [6.45, 7) is 0. The monoisotopic (exact) mass is 409 g/mol. The van der Waals surface area contributed by atoms with Crippen LogP contribution in [0.2, 0.25) is 10.0 Å². The highest BCUT2D eigenvalue weighted by Gasteiger charge is 2.44. The summed E-state index contributed by atoms with van der Waals surface area (Å²) in [5.74, 6) is -1.44. The summed E-state index contributed by atoms with van der Waals surface area (Å²) in [5, 5.41) is 0.788. The van der Waals surface area contributed by atoms with Gasteiger partial charge >= 0.3 is 6.18 Å². The summed E-state index contributed by atoms with van der Waals surface area (Å²) in [5.41, 5.74) is 3.35. The smallest absolute Gasteiger partial charge is 0.313 e. The zero-order valence-electron chi connectivity index (χ0n) is 14.2. The van der Waals surface area contributed by atoms with E-state index in [-0.39, 0.29) is 6.42 Å². The lowest BCUT2D eigenvalue weighted by Gasteiger charge is -2.26. The SMILES string of the molecule is FC(F)(F)C1CCCc2c1cc(-c1ccc(Cl)c(Cl)c1)n2-c1ccccc1. The minimum absolute atomic E-state index is 0.121. The van der Waals surface area contributed by atoms with Gasteiger partial charge in [-0.1, -0.05) is 47.5 Å². The van der Waals surface area contributed by atoms with E-state index in [2.05, 4.69) is 0 Å². The minimum Gasteiger partial charge on any atom is -0.313 e. The third kappa shape index (κ3) is 3.37. The quantitative estimate of drug-likeness (QED) is 0.414. The van der Waals surface area contributed by atoms with E-state index < -0.39 is 12.1 Å². The largest absolute Gasteiger partial charge is 0.395 e. The van der Waals surface area contributed by atoms with E-state index in [1.54, 1.807) is 24.3 Å². The Bertz CT molecular complexity index is 977. The number of nitrogens with zero attached hydrogens (tertiary/aromatic N) is 1. The van der Waals surface area contributed by atoms with Gasteiger partial charge in [-0.25, -0.2) is 0 Å². The summed E-state index contributed by atoms with van der Waals surface area (Å²) in [4.78, 5) is 0. The lowest BCUT2D eigenvalue weighted by atomic mass is 9.86. The normalized spacial score (nSPS) is 17.0. The molecule has 0 fully saturated rings. The number of aromatic nitrogens is 1. The first kappa shape index (κ1) is 18.5. The van der Waals surface area contributed by atoms with Crippen LogP contribution in [0.4, 0.5) is 13.2 Å². The molecule has 0 radical (unpaired) electrons. The molecule has 1 aliphatic carbocycles. The summed E-state index contributed by atoms with van der Waals surface area (Å²) >= 11 is 12.2. The molecule has 0 bridgehead atoms. The molecule has 0 aliphatic heterocycles. The predicted molar refractivity (Wildman–Crippen MR) is 103 cm³/mol. The van der Waals surface area contributed by atoms with Crippen LogP contribution < -0.4 is 0 Å². The molecule has 4 rings (SSSR count). The molecule has 3 aromatic rings. The highest BCUT2D eigenvalue weighted by atomic mass is 35.5. The predicted octanol–water partition coefficient (Wildman–Crippen LogP) is 7.43. The summed E-state index contributed by atoms with van der Waals surface area (Å²) in [6, 6.07) is 16.3. The van der Waals surface area contributed by atoms with Gasteiger partial charge < -0.3 is 4.57 Å². The van der Waals surface area contributed by atoms with Crippen molar-refractivity contribution in [1.29, 1.82) is 0 Å². The van der Waals surface area contributed by atoms with Crippen molar-refractivity contribution in [2.24, 2.45) is 0 Å². The molecule has 0 saturated heterocycles. The maximum atomic E-state index is 13.6. The van der Waals surface area contributed by atoms with Crippen LogP contribution in [0.1, 0.15) is 30.0 Å². The average molecular weight is 410 g/mol. The third-order valence-electron chi connectivity index (χ3n) is 5.04. The van der Waals surface area contributed by atoms with E-state index in [1.807, 2.05) is 34.9 Å². The number of halogens is 5. The molecule has 1 unspecified atom stereocenters. The minimum atomic E-state index is -4.26. The maximum Gasteiger partial charge on any atom is 0.395 e. The van der Waals surface area contributed by atoms with Crippen LogP contribution in [-0.2, 0) is 6.42 Å².